The molecule has 0 aromatic heterocycles. The highest BCUT2D eigenvalue weighted by molar-refractivity contribution is 5.77. The fourth-order valence-corrected chi connectivity index (χ4v) is 2.10. The van der Waals surface area contributed by atoms with E-state index in [1.54, 1.807) is 7.11 Å². The maximum atomic E-state index is 11.8. The quantitative estimate of drug-likeness (QED) is 0.651. The molecule has 5 heteroatoms. The summed E-state index contributed by atoms with van der Waals surface area (Å²) in [5.41, 5.74) is 5.54. The van der Waals surface area contributed by atoms with Gasteiger partial charge in [0.05, 0.1) is 13.2 Å². The fraction of sp³-hybridized carbons (Fsp3) is 0.917. The van der Waals surface area contributed by atoms with Crippen LogP contribution in [0.25, 0.3) is 0 Å². The second-order valence-electron chi connectivity index (χ2n) is 4.45. The predicted molar refractivity (Wildman–Crippen MR) is 65.7 cm³/mol. The standard InChI is InChI=1S/C12H24N2O3/c1-16-8-9-17-10-12(15)14-6-3-11(2-5-13)4-7-14/h11H,2-10,13H2,1H3. The average molecular weight is 244 g/mol. The second-order valence-corrected chi connectivity index (χ2v) is 4.45. The molecule has 5 nitrogen and oxygen atoms in total. The number of nitrogens with two attached hydrogens (primary N) is 1. The third-order valence-electron chi connectivity index (χ3n) is 3.20. The van der Waals surface area contributed by atoms with Crippen LogP contribution in [0.2, 0.25) is 0 Å². The molecule has 1 aliphatic rings. The number of rotatable bonds is 7. The number of hydrogen-bond acceptors (Lipinski definition) is 4. The van der Waals surface area contributed by atoms with E-state index in [1.807, 2.05) is 4.90 Å². The third-order valence-corrected chi connectivity index (χ3v) is 3.20. The Labute approximate surface area is 103 Å². The molecule has 0 saturated carbocycles. The number of amides is 1. The zero-order chi connectivity index (χ0) is 12.5. The van der Waals surface area contributed by atoms with Crippen molar-refractivity contribution in [3.05, 3.63) is 0 Å². The van der Waals surface area contributed by atoms with E-state index in [0.717, 1.165) is 38.9 Å². The van der Waals surface area contributed by atoms with Gasteiger partial charge < -0.3 is 20.1 Å². The topological polar surface area (TPSA) is 64.8 Å². The summed E-state index contributed by atoms with van der Waals surface area (Å²) in [5.74, 6) is 0.783. The van der Waals surface area contributed by atoms with Crippen LogP contribution in [0.15, 0.2) is 0 Å². The second kappa shape index (κ2) is 8.44. The molecule has 1 saturated heterocycles. The van der Waals surface area contributed by atoms with Crippen LogP contribution in [0.3, 0.4) is 0 Å². The molecule has 100 valence electrons. The normalized spacial score (nSPS) is 17.4. The van der Waals surface area contributed by atoms with Crippen molar-refractivity contribution in [2.24, 2.45) is 11.7 Å². The van der Waals surface area contributed by atoms with Gasteiger partial charge in [-0.1, -0.05) is 0 Å². The Bertz CT molecular complexity index is 216. The SMILES string of the molecule is COCCOCC(=O)N1CCC(CCN)CC1. The first-order chi connectivity index (χ1) is 8.27. The van der Waals surface area contributed by atoms with Gasteiger partial charge >= 0.3 is 0 Å². The highest BCUT2D eigenvalue weighted by Gasteiger charge is 2.21. The molecule has 2 N–H and O–H groups in total. The first-order valence-corrected chi connectivity index (χ1v) is 6.32. The number of hydrogen-bond donors (Lipinski definition) is 1. The summed E-state index contributed by atoms with van der Waals surface area (Å²) in [7, 11) is 1.62. The molecule has 0 radical (unpaired) electrons. The molecular formula is C12H24N2O3. The van der Waals surface area contributed by atoms with Gasteiger partial charge in [-0.05, 0) is 31.7 Å². The van der Waals surface area contributed by atoms with Gasteiger partial charge in [0.1, 0.15) is 6.61 Å². The van der Waals surface area contributed by atoms with E-state index >= 15 is 0 Å². The molecule has 0 atom stereocenters. The molecule has 1 rings (SSSR count). The van der Waals surface area contributed by atoms with Crippen molar-refractivity contribution in [3.63, 3.8) is 0 Å². The molecule has 1 aliphatic heterocycles. The third kappa shape index (κ3) is 5.48. The van der Waals surface area contributed by atoms with Crippen molar-refractivity contribution in [1.82, 2.24) is 4.90 Å². The number of ether oxygens (including phenoxy) is 2. The minimum Gasteiger partial charge on any atom is -0.382 e. The Hall–Kier alpha value is -0.650. The lowest BCUT2D eigenvalue weighted by atomic mass is 9.94. The van der Waals surface area contributed by atoms with Gasteiger partial charge in [-0.15, -0.1) is 0 Å². The first-order valence-electron chi connectivity index (χ1n) is 6.32. The molecule has 0 aromatic rings. The summed E-state index contributed by atoms with van der Waals surface area (Å²) < 4.78 is 10.1. The van der Waals surface area contributed by atoms with E-state index in [-0.39, 0.29) is 12.5 Å². The molecule has 1 fully saturated rings. The van der Waals surface area contributed by atoms with Crippen molar-refractivity contribution in [1.29, 1.82) is 0 Å². The van der Waals surface area contributed by atoms with Crippen molar-refractivity contribution < 1.29 is 14.3 Å². The van der Waals surface area contributed by atoms with Crippen LogP contribution < -0.4 is 5.73 Å². The molecule has 0 unspecified atom stereocenters. The van der Waals surface area contributed by atoms with Crippen molar-refractivity contribution >= 4 is 5.91 Å². The molecule has 0 spiro atoms. The van der Waals surface area contributed by atoms with Gasteiger partial charge in [0.25, 0.3) is 0 Å². The van der Waals surface area contributed by atoms with E-state index in [9.17, 15) is 4.79 Å². The fourth-order valence-electron chi connectivity index (χ4n) is 2.10. The smallest absolute Gasteiger partial charge is 0.248 e. The number of nitrogens with zero attached hydrogens (tertiary/aromatic N) is 1. The lowest BCUT2D eigenvalue weighted by molar-refractivity contribution is -0.138. The highest BCUT2D eigenvalue weighted by Crippen LogP contribution is 2.19. The van der Waals surface area contributed by atoms with Gasteiger partial charge in [0.2, 0.25) is 5.91 Å². The Kier molecular flexibility index (Phi) is 7.16. The van der Waals surface area contributed by atoms with Gasteiger partial charge in [0, 0.05) is 20.2 Å². The molecule has 1 heterocycles. The van der Waals surface area contributed by atoms with Crippen LogP contribution in [0.5, 0.6) is 0 Å². The maximum Gasteiger partial charge on any atom is 0.248 e. The lowest BCUT2D eigenvalue weighted by Gasteiger charge is -2.31. The van der Waals surface area contributed by atoms with E-state index in [1.165, 1.54) is 0 Å². The number of carbonyl (C=O) groups is 1. The highest BCUT2D eigenvalue weighted by atomic mass is 16.5. The van der Waals surface area contributed by atoms with Crippen LogP contribution >= 0.6 is 0 Å². The minimum absolute atomic E-state index is 0.0901. The first kappa shape index (κ1) is 14.4. The summed E-state index contributed by atoms with van der Waals surface area (Å²) in [4.78, 5) is 13.6. The van der Waals surface area contributed by atoms with Crippen molar-refractivity contribution in [3.8, 4) is 0 Å². The summed E-state index contributed by atoms with van der Waals surface area (Å²) in [6.45, 7) is 3.62. The van der Waals surface area contributed by atoms with E-state index < -0.39 is 0 Å². The van der Waals surface area contributed by atoms with E-state index in [0.29, 0.717) is 19.1 Å². The van der Waals surface area contributed by atoms with E-state index in [2.05, 4.69) is 0 Å². The zero-order valence-corrected chi connectivity index (χ0v) is 10.7. The predicted octanol–water partition coefficient (Wildman–Crippen LogP) is 0.237. The summed E-state index contributed by atoms with van der Waals surface area (Å²) in [6.07, 6.45) is 3.22. The largest absolute Gasteiger partial charge is 0.382 e. The average Bonchev–Trinajstić information content (AvgIpc) is 2.36. The van der Waals surface area contributed by atoms with Crippen LogP contribution in [-0.4, -0.2) is 57.4 Å². The number of methoxy groups -OCH3 is 1. The van der Waals surface area contributed by atoms with Crippen LogP contribution in [0, 0.1) is 5.92 Å². The van der Waals surface area contributed by atoms with Crippen molar-refractivity contribution in [2.75, 3.05) is 46.6 Å². The van der Waals surface area contributed by atoms with Gasteiger partial charge in [-0.3, -0.25) is 4.79 Å². The summed E-state index contributed by atoms with van der Waals surface area (Å²) in [6, 6.07) is 0. The number of carbonyl (C=O) groups excluding carboxylic acids is 1. The Balaban J connectivity index is 2.12. The van der Waals surface area contributed by atoms with Crippen LogP contribution in [0.1, 0.15) is 19.3 Å². The lowest BCUT2D eigenvalue weighted by Crippen LogP contribution is -2.40. The Morgan fingerprint density at radius 3 is 2.65 bits per heavy atom. The Morgan fingerprint density at radius 2 is 2.06 bits per heavy atom. The van der Waals surface area contributed by atoms with Gasteiger partial charge in [-0.2, -0.15) is 0 Å². The summed E-state index contributed by atoms with van der Waals surface area (Å²) in [5, 5.41) is 0. The molecule has 17 heavy (non-hydrogen) atoms. The maximum absolute atomic E-state index is 11.8. The summed E-state index contributed by atoms with van der Waals surface area (Å²) >= 11 is 0. The van der Waals surface area contributed by atoms with Crippen LogP contribution in [0.4, 0.5) is 0 Å². The van der Waals surface area contributed by atoms with Crippen LogP contribution in [-0.2, 0) is 14.3 Å². The molecule has 0 aliphatic carbocycles. The number of likely N-dealkylation sites (tertiary alicyclic amines) is 1. The van der Waals surface area contributed by atoms with Crippen molar-refractivity contribution in [2.45, 2.75) is 19.3 Å². The molecule has 0 bridgehead atoms. The Morgan fingerprint density at radius 1 is 1.35 bits per heavy atom. The number of piperidine rings is 1. The zero-order valence-electron chi connectivity index (χ0n) is 10.7. The monoisotopic (exact) mass is 244 g/mol. The molecular weight excluding hydrogens is 220 g/mol. The van der Waals surface area contributed by atoms with Gasteiger partial charge in [0.15, 0.2) is 0 Å². The minimum atomic E-state index is 0.0901. The molecule has 1 amide bonds. The van der Waals surface area contributed by atoms with E-state index in [4.69, 9.17) is 15.2 Å². The van der Waals surface area contributed by atoms with Gasteiger partial charge in [-0.25, -0.2) is 0 Å². The molecule has 0 aromatic carbocycles.